The maximum absolute atomic E-state index is 13.0. The molecular formula is C21H27N3O4S. The summed E-state index contributed by atoms with van der Waals surface area (Å²) in [5.41, 5.74) is 2.03. The Morgan fingerprint density at radius 3 is 2.52 bits per heavy atom. The van der Waals surface area contributed by atoms with Crippen LogP contribution in [0.5, 0.6) is 0 Å². The van der Waals surface area contributed by atoms with E-state index >= 15 is 0 Å². The average Bonchev–Trinajstić information content (AvgIpc) is 2.75. The molecule has 0 aromatic heterocycles. The molecule has 0 aliphatic carbocycles. The van der Waals surface area contributed by atoms with Crippen molar-refractivity contribution in [1.82, 2.24) is 9.62 Å². The fourth-order valence-corrected chi connectivity index (χ4v) is 4.85. The molecule has 1 saturated heterocycles. The van der Waals surface area contributed by atoms with E-state index in [9.17, 15) is 13.2 Å². The van der Waals surface area contributed by atoms with Gasteiger partial charge in [0.05, 0.1) is 18.1 Å². The number of benzene rings is 2. The van der Waals surface area contributed by atoms with Crippen molar-refractivity contribution in [2.75, 3.05) is 51.3 Å². The van der Waals surface area contributed by atoms with Crippen LogP contribution in [0.2, 0.25) is 0 Å². The van der Waals surface area contributed by atoms with E-state index in [1.54, 1.807) is 19.1 Å². The van der Waals surface area contributed by atoms with Crippen molar-refractivity contribution in [3.8, 4) is 0 Å². The third-order valence-electron chi connectivity index (χ3n) is 4.97. The highest BCUT2D eigenvalue weighted by Crippen LogP contribution is 2.22. The first-order valence-corrected chi connectivity index (χ1v) is 11.1. The van der Waals surface area contributed by atoms with Crippen LogP contribution in [0.4, 0.5) is 5.69 Å². The number of aryl methyl sites for hydroxylation is 1. The molecule has 1 heterocycles. The second kappa shape index (κ2) is 9.39. The maximum atomic E-state index is 13.0. The highest BCUT2D eigenvalue weighted by molar-refractivity contribution is 7.89. The first-order valence-electron chi connectivity index (χ1n) is 9.62. The van der Waals surface area contributed by atoms with E-state index in [0.29, 0.717) is 50.5 Å². The summed E-state index contributed by atoms with van der Waals surface area (Å²) in [6, 6.07) is 14.7. The van der Waals surface area contributed by atoms with Crippen LogP contribution in [-0.4, -0.2) is 65.1 Å². The van der Waals surface area contributed by atoms with Gasteiger partial charge >= 0.3 is 0 Å². The number of rotatable bonds is 7. The number of hydrogen-bond acceptors (Lipinski definition) is 5. The van der Waals surface area contributed by atoms with Crippen LogP contribution in [-0.2, 0) is 14.8 Å². The fraction of sp³-hybridized carbons (Fsp3) is 0.381. The lowest BCUT2D eigenvalue weighted by molar-refractivity contribution is 0.0730. The lowest BCUT2D eigenvalue weighted by atomic mass is 10.1. The summed E-state index contributed by atoms with van der Waals surface area (Å²) in [6.45, 7) is 4.24. The predicted molar refractivity (Wildman–Crippen MR) is 113 cm³/mol. The van der Waals surface area contributed by atoms with Crippen molar-refractivity contribution in [3.63, 3.8) is 0 Å². The third kappa shape index (κ3) is 5.14. The van der Waals surface area contributed by atoms with E-state index in [4.69, 9.17) is 4.74 Å². The Hall–Kier alpha value is -2.42. The molecule has 1 N–H and O–H groups in total. The van der Waals surface area contributed by atoms with Gasteiger partial charge in [-0.25, -0.2) is 8.42 Å². The normalized spacial score (nSPS) is 15.1. The topological polar surface area (TPSA) is 79.0 Å². The number of nitrogens with one attached hydrogen (secondary N) is 1. The van der Waals surface area contributed by atoms with Crippen molar-refractivity contribution in [2.45, 2.75) is 11.8 Å². The number of carbonyl (C=O) groups is 1. The summed E-state index contributed by atoms with van der Waals surface area (Å²) in [6.07, 6.45) is 0. The zero-order valence-electron chi connectivity index (χ0n) is 16.8. The van der Waals surface area contributed by atoms with Gasteiger partial charge < -0.3 is 15.0 Å². The highest BCUT2D eigenvalue weighted by atomic mass is 32.2. The molecule has 8 heteroatoms. The second-order valence-electron chi connectivity index (χ2n) is 7.01. The summed E-state index contributed by atoms with van der Waals surface area (Å²) >= 11 is 0. The van der Waals surface area contributed by atoms with E-state index in [-0.39, 0.29) is 10.8 Å². The minimum Gasteiger partial charge on any atom is -0.379 e. The number of anilines is 1. The van der Waals surface area contributed by atoms with Gasteiger partial charge in [-0.05, 0) is 36.8 Å². The molecule has 3 rings (SSSR count). The van der Waals surface area contributed by atoms with Crippen molar-refractivity contribution >= 4 is 21.6 Å². The quantitative estimate of drug-likeness (QED) is 0.744. The number of carbonyl (C=O) groups excluding carboxylic acids is 1. The van der Waals surface area contributed by atoms with Crippen LogP contribution in [0.15, 0.2) is 53.4 Å². The smallest absolute Gasteiger partial charge is 0.251 e. The minimum atomic E-state index is -3.65. The molecule has 2 aromatic carbocycles. The maximum Gasteiger partial charge on any atom is 0.251 e. The van der Waals surface area contributed by atoms with Crippen molar-refractivity contribution in [1.29, 1.82) is 0 Å². The highest BCUT2D eigenvalue weighted by Gasteiger charge is 2.28. The molecule has 156 valence electrons. The number of nitrogens with zero attached hydrogens (tertiary/aromatic N) is 2. The largest absolute Gasteiger partial charge is 0.379 e. The SMILES string of the molecule is Cc1ccc(C(=O)NCCN(C)c2ccccc2)cc1S(=O)(=O)N1CCOCC1. The number of amides is 1. The van der Waals surface area contributed by atoms with Crippen LogP contribution in [0.3, 0.4) is 0 Å². The van der Waals surface area contributed by atoms with E-state index in [0.717, 1.165) is 5.69 Å². The molecule has 29 heavy (non-hydrogen) atoms. The summed E-state index contributed by atoms with van der Waals surface area (Å²) in [5, 5.41) is 2.87. The van der Waals surface area contributed by atoms with Gasteiger partial charge in [-0.3, -0.25) is 4.79 Å². The molecule has 0 unspecified atom stereocenters. The van der Waals surface area contributed by atoms with Gasteiger partial charge in [0.2, 0.25) is 10.0 Å². The summed E-state index contributed by atoms with van der Waals surface area (Å²) in [5.74, 6) is -0.287. The molecule has 1 amide bonds. The molecule has 1 aliphatic heterocycles. The number of hydrogen-bond donors (Lipinski definition) is 1. The second-order valence-corrected chi connectivity index (χ2v) is 8.92. The van der Waals surface area contributed by atoms with E-state index in [1.165, 1.54) is 10.4 Å². The van der Waals surface area contributed by atoms with Crippen LogP contribution in [0.1, 0.15) is 15.9 Å². The zero-order chi connectivity index (χ0) is 20.9. The molecule has 0 saturated carbocycles. The number of ether oxygens (including phenoxy) is 1. The predicted octanol–water partition coefficient (Wildman–Crippen LogP) is 1.88. The Labute approximate surface area is 172 Å². The van der Waals surface area contributed by atoms with E-state index in [1.807, 2.05) is 42.3 Å². The Morgan fingerprint density at radius 2 is 1.83 bits per heavy atom. The number of para-hydroxylation sites is 1. The van der Waals surface area contributed by atoms with Crippen LogP contribution in [0, 0.1) is 6.92 Å². The minimum absolute atomic E-state index is 0.174. The Morgan fingerprint density at radius 1 is 1.14 bits per heavy atom. The molecule has 1 fully saturated rings. The molecule has 0 spiro atoms. The molecule has 0 radical (unpaired) electrons. The first kappa shape index (κ1) is 21.3. The van der Waals surface area contributed by atoms with E-state index in [2.05, 4.69) is 5.32 Å². The van der Waals surface area contributed by atoms with Crippen molar-refractivity contribution in [3.05, 3.63) is 59.7 Å². The summed E-state index contributed by atoms with van der Waals surface area (Å²) in [4.78, 5) is 14.8. The number of likely N-dealkylation sites (N-methyl/N-ethyl adjacent to an activating group) is 1. The van der Waals surface area contributed by atoms with Crippen LogP contribution in [0.25, 0.3) is 0 Å². The lowest BCUT2D eigenvalue weighted by Gasteiger charge is -2.26. The van der Waals surface area contributed by atoms with Crippen molar-refractivity contribution < 1.29 is 17.9 Å². The van der Waals surface area contributed by atoms with Crippen LogP contribution >= 0.6 is 0 Å². The average molecular weight is 418 g/mol. The Bertz CT molecular complexity index is 942. The van der Waals surface area contributed by atoms with Gasteiger partial charge in [-0.15, -0.1) is 0 Å². The Balaban J connectivity index is 1.66. The molecule has 0 bridgehead atoms. The van der Waals surface area contributed by atoms with Gasteiger partial charge in [-0.1, -0.05) is 24.3 Å². The number of morpholine rings is 1. The van der Waals surface area contributed by atoms with Gasteiger partial charge in [-0.2, -0.15) is 4.31 Å². The van der Waals surface area contributed by atoms with Gasteiger partial charge in [0.1, 0.15) is 0 Å². The zero-order valence-corrected chi connectivity index (χ0v) is 17.6. The molecular weight excluding hydrogens is 390 g/mol. The monoisotopic (exact) mass is 417 g/mol. The van der Waals surface area contributed by atoms with Crippen molar-refractivity contribution in [2.24, 2.45) is 0 Å². The summed E-state index contributed by atoms with van der Waals surface area (Å²) in [7, 11) is -1.69. The van der Waals surface area contributed by atoms with Gasteiger partial charge in [0, 0.05) is 44.5 Å². The van der Waals surface area contributed by atoms with Gasteiger partial charge in [0.25, 0.3) is 5.91 Å². The molecule has 2 aromatic rings. The molecule has 1 aliphatic rings. The first-order chi connectivity index (χ1) is 13.9. The van der Waals surface area contributed by atoms with Gasteiger partial charge in [0.15, 0.2) is 0 Å². The lowest BCUT2D eigenvalue weighted by Crippen LogP contribution is -2.41. The standard InChI is InChI=1S/C21H27N3O4S/c1-17-8-9-18(16-20(17)29(26,27)24-12-14-28-15-13-24)21(25)22-10-11-23(2)19-6-4-3-5-7-19/h3-9,16H,10-15H2,1-2H3,(H,22,25). The Kier molecular flexibility index (Phi) is 6.89. The molecule has 7 nitrogen and oxygen atoms in total. The number of sulfonamides is 1. The third-order valence-corrected chi connectivity index (χ3v) is 7.01. The van der Waals surface area contributed by atoms with Crippen LogP contribution < -0.4 is 10.2 Å². The molecule has 0 atom stereocenters. The fourth-order valence-electron chi connectivity index (χ4n) is 3.20. The van der Waals surface area contributed by atoms with E-state index < -0.39 is 10.0 Å². The summed E-state index contributed by atoms with van der Waals surface area (Å²) < 4.78 is 32.6.